The first-order chi connectivity index (χ1) is 15.4. The van der Waals surface area contributed by atoms with Gasteiger partial charge in [-0.15, -0.1) is 0 Å². The number of hydrogen-bond donors (Lipinski definition) is 4. The summed E-state index contributed by atoms with van der Waals surface area (Å²) < 4.78 is 14.8. The number of thiocarbonyl (C=S) groups is 1. The molecule has 2 aromatic heterocycles. The molecular weight excluding hydrogens is 435 g/mol. The molecule has 1 fully saturated rings. The second kappa shape index (κ2) is 9.22. The summed E-state index contributed by atoms with van der Waals surface area (Å²) >= 11 is 5.22. The van der Waals surface area contributed by atoms with Gasteiger partial charge in [0, 0.05) is 18.0 Å². The van der Waals surface area contributed by atoms with E-state index in [4.69, 9.17) is 12.2 Å². The monoisotopic (exact) mass is 456 g/mol. The number of hydrogen-bond acceptors (Lipinski definition) is 8. The van der Waals surface area contributed by atoms with Crippen LogP contribution in [0.2, 0.25) is 0 Å². The number of benzene rings is 1. The van der Waals surface area contributed by atoms with Crippen molar-refractivity contribution in [3.05, 3.63) is 47.4 Å². The molecule has 10 nitrogen and oxygen atoms in total. The second-order valence-electron chi connectivity index (χ2n) is 7.43. The maximum Gasteiger partial charge on any atom is 0.326 e. The van der Waals surface area contributed by atoms with Crippen LogP contribution in [0.4, 0.5) is 21.1 Å². The zero-order valence-electron chi connectivity index (χ0n) is 17.1. The lowest BCUT2D eigenvalue weighted by atomic mass is 10.1. The Hall–Kier alpha value is -3.67. The zero-order valence-corrected chi connectivity index (χ0v) is 17.9. The van der Waals surface area contributed by atoms with Crippen molar-refractivity contribution in [3.63, 3.8) is 0 Å². The molecule has 1 unspecified atom stereocenters. The van der Waals surface area contributed by atoms with E-state index in [2.05, 4.69) is 31.0 Å². The summed E-state index contributed by atoms with van der Waals surface area (Å²) in [7, 11) is 0. The fourth-order valence-electron chi connectivity index (χ4n) is 3.08. The molecule has 0 aliphatic heterocycles. The Balaban J connectivity index is 1.60. The summed E-state index contributed by atoms with van der Waals surface area (Å²) in [6.07, 6.45) is 4.18. The molecule has 0 saturated heterocycles. The Bertz CT molecular complexity index is 1160. The number of urea groups is 1. The van der Waals surface area contributed by atoms with Gasteiger partial charge in [-0.2, -0.15) is 19.6 Å². The van der Waals surface area contributed by atoms with Crippen LogP contribution in [0.1, 0.15) is 36.9 Å². The second-order valence-corrected chi connectivity index (χ2v) is 7.92. The average Bonchev–Trinajstić information content (AvgIpc) is 3.48. The first-order valence-corrected chi connectivity index (χ1v) is 10.4. The van der Waals surface area contributed by atoms with Gasteiger partial charge in [-0.05, 0) is 37.5 Å². The summed E-state index contributed by atoms with van der Waals surface area (Å²) in [6.45, 7) is 1.93. The van der Waals surface area contributed by atoms with Gasteiger partial charge in [0.05, 0.1) is 17.2 Å². The van der Waals surface area contributed by atoms with Crippen molar-refractivity contribution in [2.75, 3.05) is 10.6 Å². The van der Waals surface area contributed by atoms with Gasteiger partial charge in [-0.3, -0.25) is 10.1 Å². The quantitative estimate of drug-likeness (QED) is 0.301. The van der Waals surface area contributed by atoms with E-state index in [0.717, 1.165) is 18.4 Å². The van der Waals surface area contributed by atoms with Crippen molar-refractivity contribution in [3.8, 4) is 0 Å². The highest BCUT2D eigenvalue weighted by atomic mass is 32.1. The molecule has 1 aromatic carbocycles. The van der Waals surface area contributed by atoms with E-state index in [9.17, 15) is 14.0 Å². The van der Waals surface area contributed by atoms with Crippen LogP contribution in [0.5, 0.6) is 0 Å². The number of imide groups is 1. The van der Waals surface area contributed by atoms with Crippen molar-refractivity contribution in [2.45, 2.75) is 38.3 Å². The molecule has 1 aliphatic carbocycles. The Kier molecular flexibility index (Phi) is 6.21. The van der Waals surface area contributed by atoms with Crippen LogP contribution < -0.4 is 21.3 Å². The topological polar surface area (TPSA) is 125 Å². The van der Waals surface area contributed by atoms with E-state index in [1.807, 2.05) is 12.2 Å². The smallest absolute Gasteiger partial charge is 0.326 e. The van der Waals surface area contributed by atoms with Crippen molar-refractivity contribution < 1.29 is 14.0 Å². The highest BCUT2D eigenvalue weighted by Gasteiger charge is 2.24. The summed E-state index contributed by atoms with van der Waals surface area (Å²) in [5, 5.41) is 15.4. The van der Waals surface area contributed by atoms with Crippen molar-refractivity contribution in [1.82, 2.24) is 30.2 Å². The van der Waals surface area contributed by atoms with Gasteiger partial charge in [-0.1, -0.05) is 24.4 Å². The van der Waals surface area contributed by atoms with E-state index < -0.39 is 6.03 Å². The number of aromatic nitrogens is 4. The number of nitrogens with one attached hydrogen (secondary N) is 4. The highest BCUT2D eigenvalue weighted by molar-refractivity contribution is 7.80. The molecule has 1 aliphatic rings. The lowest BCUT2D eigenvalue weighted by Crippen LogP contribution is -2.38. The number of anilines is 2. The molecule has 4 N–H and O–H groups in total. The Morgan fingerprint density at radius 1 is 1.31 bits per heavy atom. The predicted octanol–water partition coefficient (Wildman–Crippen LogP) is 2.34. The molecule has 0 bridgehead atoms. The fourth-order valence-corrected chi connectivity index (χ4v) is 3.33. The molecule has 32 heavy (non-hydrogen) atoms. The third kappa shape index (κ3) is 5.14. The van der Waals surface area contributed by atoms with E-state index in [-0.39, 0.29) is 29.7 Å². The molecule has 166 valence electrons. The van der Waals surface area contributed by atoms with Crippen molar-refractivity contribution in [1.29, 1.82) is 0 Å². The Morgan fingerprint density at radius 3 is 2.75 bits per heavy atom. The minimum atomic E-state index is -0.706. The molecule has 3 amide bonds. The molecule has 0 radical (unpaired) electrons. The van der Waals surface area contributed by atoms with Gasteiger partial charge >= 0.3 is 6.03 Å². The van der Waals surface area contributed by atoms with Gasteiger partial charge in [0.25, 0.3) is 0 Å². The third-order valence-electron chi connectivity index (χ3n) is 4.86. The normalized spacial score (nSPS) is 13.9. The van der Waals surface area contributed by atoms with Crippen molar-refractivity contribution >= 4 is 47.2 Å². The summed E-state index contributed by atoms with van der Waals surface area (Å²) in [4.78, 5) is 31.3. The number of rotatable bonds is 8. The fraction of sp³-hybridized carbons (Fsp3) is 0.300. The number of nitrogens with zero attached hydrogens (tertiary/aromatic N) is 4. The predicted molar refractivity (Wildman–Crippen MR) is 120 cm³/mol. The average molecular weight is 457 g/mol. The minimum Gasteiger partial charge on any atom is -0.351 e. The van der Waals surface area contributed by atoms with E-state index in [1.165, 1.54) is 12.1 Å². The zero-order chi connectivity index (χ0) is 22.7. The largest absolute Gasteiger partial charge is 0.351 e. The van der Waals surface area contributed by atoms with Gasteiger partial charge in [0.2, 0.25) is 18.3 Å². The molecule has 4 rings (SSSR count). The maximum absolute atomic E-state index is 13.2. The van der Waals surface area contributed by atoms with Gasteiger partial charge in [-0.25, -0.2) is 9.18 Å². The maximum atomic E-state index is 13.2. The molecule has 1 saturated carbocycles. The standard InChI is InChI=1S/C20H21FN8O2S/c1-11(12-2-4-14(21)5-3-12)24-18-27-17-13(8-16(32)26-20(31)22-10-30)9-23-29(17)19(28-18)25-15-6-7-15/h2-5,9-11,15H,6-8H2,1H3,(H2,24,25,27,28)(H2,22,26,30,31,32). The number of fused-ring (bicyclic) bond motifs is 1. The molecule has 0 spiro atoms. The Morgan fingerprint density at radius 2 is 2.06 bits per heavy atom. The molecular formula is C20H21FN8O2S. The highest BCUT2D eigenvalue weighted by Crippen LogP contribution is 2.26. The first kappa shape index (κ1) is 21.6. The lowest BCUT2D eigenvalue weighted by molar-refractivity contribution is -0.108. The SMILES string of the molecule is CC(Nc1nc(NC2CC2)n2ncc(CC(=S)NC(=O)NC=O)c2n1)c1ccc(F)cc1. The lowest BCUT2D eigenvalue weighted by Gasteiger charge is -2.16. The number of amides is 3. The summed E-state index contributed by atoms with van der Waals surface area (Å²) in [5.41, 5.74) is 2.09. The van der Waals surface area contributed by atoms with Crippen LogP contribution in [0, 0.1) is 5.82 Å². The number of halogens is 1. The van der Waals surface area contributed by atoms with Crippen molar-refractivity contribution in [2.24, 2.45) is 0 Å². The number of carbonyl (C=O) groups excluding carboxylic acids is 2. The Labute approximate surface area is 188 Å². The molecule has 2 heterocycles. The molecule has 12 heteroatoms. The van der Waals surface area contributed by atoms with Crippen LogP contribution in [0.3, 0.4) is 0 Å². The van der Waals surface area contributed by atoms with Crippen LogP contribution in [0.15, 0.2) is 30.5 Å². The molecule has 3 aromatic rings. The van der Waals surface area contributed by atoms with E-state index in [1.54, 1.807) is 22.8 Å². The van der Waals surface area contributed by atoms with Crippen LogP contribution >= 0.6 is 12.2 Å². The minimum absolute atomic E-state index is 0.173. The van der Waals surface area contributed by atoms with Crippen LogP contribution in [-0.4, -0.2) is 43.1 Å². The number of carbonyl (C=O) groups is 2. The third-order valence-corrected chi connectivity index (χ3v) is 5.11. The van der Waals surface area contributed by atoms with E-state index >= 15 is 0 Å². The summed E-state index contributed by atoms with van der Waals surface area (Å²) in [6, 6.07) is 5.66. The summed E-state index contributed by atoms with van der Waals surface area (Å²) in [5.74, 6) is 0.608. The van der Waals surface area contributed by atoms with Gasteiger partial charge in [0.15, 0.2) is 5.65 Å². The van der Waals surface area contributed by atoms with Gasteiger partial charge < -0.3 is 16.0 Å². The first-order valence-electron chi connectivity index (χ1n) is 10.00. The van der Waals surface area contributed by atoms with E-state index in [0.29, 0.717) is 29.1 Å². The van der Waals surface area contributed by atoms with Gasteiger partial charge in [0.1, 0.15) is 5.82 Å². The molecule has 1 atom stereocenters. The van der Waals surface area contributed by atoms with Crippen LogP contribution in [-0.2, 0) is 11.2 Å². The van der Waals surface area contributed by atoms with Crippen LogP contribution in [0.25, 0.3) is 5.65 Å².